The minimum absolute atomic E-state index is 0.0681. The topological polar surface area (TPSA) is 46.3 Å². The van der Waals surface area contributed by atoms with Crippen LogP contribution in [-0.4, -0.2) is 22.8 Å². The van der Waals surface area contributed by atoms with Crippen LogP contribution >= 0.6 is 0 Å². The maximum absolute atomic E-state index is 13.0. The summed E-state index contributed by atoms with van der Waals surface area (Å²) < 4.78 is 0. The molecule has 2 N–H and O–H groups in total. The van der Waals surface area contributed by atoms with E-state index in [1.807, 2.05) is 12.1 Å². The molecular weight excluding hydrogens is 320 g/mol. The second-order valence-electron chi connectivity index (χ2n) is 7.45. The van der Waals surface area contributed by atoms with Crippen molar-refractivity contribution in [3.8, 4) is 0 Å². The highest BCUT2D eigenvalue weighted by atomic mass is 16.1. The number of hydrogen-bond acceptors (Lipinski definition) is 3. The lowest BCUT2D eigenvalue weighted by molar-refractivity contribution is -0.125. The van der Waals surface area contributed by atoms with Gasteiger partial charge in [-0.25, -0.2) is 0 Å². The molecule has 1 aliphatic rings. The van der Waals surface area contributed by atoms with Crippen molar-refractivity contribution in [1.29, 1.82) is 0 Å². The van der Waals surface area contributed by atoms with Crippen LogP contribution in [0.25, 0.3) is 0 Å². The first-order valence-corrected chi connectivity index (χ1v) is 9.79. The van der Waals surface area contributed by atoms with E-state index >= 15 is 0 Å². The summed E-state index contributed by atoms with van der Waals surface area (Å²) in [5, 5.41) is 0. The van der Waals surface area contributed by atoms with Crippen molar-refractivity contribution in [3.63, 3.8) is 0 Å². The first-order chi connectivity index (χ1) is 12.7. The van der Waals surface area contributed by atoms with E-state index in [1.54, 1.807) is 0 Å². The van der Waals surface area contributed by atoms with Gasteiger partial charge in [0.15, 0.2) is 5.78 Å². The van der Waals surface area contributed by atoms with Gasteiger partial charge < -0.3 is 5.73 Å². The van der Waals surface area contributed by atoms with E-state index in [9.17, 15) is 4.79 Å². The molecule has 0 aliphatic heterocycles. The Bertz CT molecular complexity index is 640. The molecule has 0 amide bonds. The number of rotatable bonds is 10. The Kier molecular flexibility index (Phi) is 6.59. The zero-order chi connectivity index (χ0) is 18.4. The van der Waals surface area contributed by atoms with Crippen LogP contribution in [0.4, 0.5) is 0 Å². The molecule has 0 saturated heterocycles. The molecule has 0 heterocycles. The number of nitrogens with two attached hydrogens (primary N) is 1. The lowest BCUT2D eigenvalue weighted by Crippen LogP contribution is -2.53. The Hall–Kier alpha value is -1.97. The molecule has 2 atom stereocenters. The van der Waals surface area contributed by atoms with Gasteiger partial charge in [-0.15, -0.1) is 0 Å². The molecular formula is C23H30N2O. The van der Waals surface area contributed by atoms with Crippen molar-refractivity contribution in [3.05, 3.63) is 71.8 Å². The van der Waals surface area contributed by atoms with Crippen LogP contribution < -0.4 is 5.73 Å². The summed E-state index contributed by atoms with van der Waals surface area (Å²) in [4.78, 5) is 15.3. The third-order valence-electron chi connectivity index (χ3n) is 5.21. The molecule has 138 valence electrons. The molecule has 2 aromatic carbocycles. The zero-order valence-electron chi connectivity index (χ0n) is 15.7. The summed E-state index contributed by atoms with van der Waals surface area (Å²) in [6.45, 7) is 3.56. The largest absolute Gasteiger partial charge is 0.326 e. The van der Waals surface area contributed by atoms with Gasteiger partial charge in [-0.05, 0) is 36.3 Å². The maximum Gasteiger partial charge on any atom is 0.151 e. The molecule has 0 spiro atoms. The predicted molar refractivity (Wildman–Crippen MR) is 107 cm³/mol. The summed E-state index contributed by atoms with van der Waals surface area (Å²) >= 11 is 0. The highest BCUT2D eigenvalue weighted by Gasteiger charge is 2.39. The average Bonchev–Trinajstić information content (AvgIpc) is 3.49. The lowest BCUT2D eigenvalue weighted by Gasteiger charge is -2.35. The van der Waals surface area contributed by atoms with Gasteiger partial charge in [0, 0.05) is 25.6 Å². The standard InChI is InChI=1S/C23H30N2O/c1-2-9-21(26)23(22(24)20-14-15-20)25(16-18-10-5-3-6-11-18)17-19-12-7-4-8-13-19/h3-8,10-13,20,22-23H,2,9,14-17,24H2,1H3/t22-,23-/m1/s1. The minimum atomic E-state index is -0.206. The molecule has 0 radical (unpaired) electrons. The molecule has 2 aromatic rings. The van der Waals surface area contributed by atoms with Crippen LogP contribution in [0.1, 0.15) is 43.7 Å². The first kappa shape index (κ1) is 18.8. The lowest BCUT2D eigenvalue weighted by atomic mass is 9.94. The number of ketones is 1. The number of nitrogens with zero attached hydrogens (tertiary/aromatic N) is 1. The van der Waals surface area contributed by atoms with E-state index in [1.165, 1.54) is 11.1 Å². The predicted octanol–water partition coefficient (Wildman–Crippen LogP) is 4.16. The SMILES string of the molecule is CCCC(=O)[C@H]([C@H](N)C1CC1)N(Cc1ccccc1)Cc1ccccc1. The second-order valence-corrected chi connectivity index (χ2v) is 7.45. The first-order valence-electron chi connectivity index (χ1n) is 9.79. The fourth-order valence-corrected chi connectivity index (χ4v) is 3.68. The van der Waals surface area contributed by atoms with Crippen molar-refractivity contribution < 1.29 is 4.79 Å². The third kappa shape index (κ3) is 5.03. The van der Waals surface area contributed by atoms with Gasteiger partial charge in [-0.1, -0.05) is 67.6 Å². The van der Waals surface area contributed by atoms with E-state index in [2.05, 4.69) is 60.4 Å². The van der Waals surface area contributed by atoms with Crippen LogP contribution in [0, 0.1) is 5.92 Å². The Morgan fingerprint density at radius 1 is 1.00 bits per heavy atom. The fraction of sp³-hybridized carbons (Fsp3) is 0.435. The van der Waals surface area contributed by atoms with Crippen LogP contribution in [0.2, 0.25) is 0 Å². The van der Waals surface area contributed by atoms with Crippen molar-refractivity contribution in [2.45, 2.75) is 57.8 Å². The highest BCUT2D eigenvalue weighted by Crippen LogP contribution is 2.35. The summed E-state index contributed by atoms with van der Waals surface area (Å²) in [5.41, 5.74) is 9.05. The van der Waals surface area contributed by atoms with Gasteiger partial charge >= 0.3 is 0 Å². The molecule has 1 fully saturated rings. The second kappa shape index (κ2) is 9.11. The van der Waals surface area contributed by atoms with Crippen LogP contribution in [0.5, 0.6) is 0 Å². The van der Waals surface area contributed by atoms with E-state index in [0.717, 1.165) is 32.4 Å². The fourth-order valence-electron chi connectivity index (χ4n) is 3.68. The molecule has 3 heteroatoms. The van der Waals surface area contributed by atoms with Crippen molar-refractivity contribution >= 4 is 5.78 Å². The van der Waals surface area contributed by atoms with E-state index in [4.69, 9.17) is 5.73 Å². The van der Waals surface area contributed by atoms with Crippen molar-refractivity contribution in [1.82, 2.24) is 4.90 Å². The summed E-state index contributed by atoms with van der Waals surface area (Å²) in [6.07, 6.45) is 3.78. The van der Waals surface area contributed by atoms with Crippen LogP contribution in [0.3, 0.4) is 0 Å². The Balaban J connectivity index is 1.87. The molecule has 3 nitrogen and oxygen atoms in total. The van der Waals surface area contributed by atoms with Crippen LogP contribution in [0.15, 0.2) is 60.7 Å². The van der Waals surface area contributed by atoms with Crippen molar-refractivity contribution in [2.24, 2.45) is 11.7 Å². The maximum atomic E-state index is 13.0. The van der Waals surface area contributed by atoms with Gasteiger partial charge in [0.05, 0.1) is 6.04 Å². The number of carbonyl (C=O) groups is 1. The monoisotopic (exact) mass is 350 g/mol. The number of hydrogen-bond donors (Lipinski definition) is 1. The number of benzene rings is 2. The molecule has 3 rings (SSSR count). The van der Waals surface area contributed by atoms with E-state index in [-0.39, 0.29) is 12.1 Å². The molecule has 0 bridgehead atoms. The Labute approximate surface area is 157 Å². The van der Waals surface area contributed by atoms with Gasteiger partial charge in [0.2, 0.25) is 0 Å². The van der Waals surface area contributed by atoms with E-state index < -0.39 is 0 Å². The van der Waals surface area contributed by atoms with Gasteiger partial charge in [-0.2, -0.15) is 0 Å². The molecule has 0 unspecified atom stereocenters. The average molecular weight is 351 g/mol. The molecule has 1 saturated carbocycles. The van der Waals surface area contributed by atoms with E-state index in [0.29, 0.717) is 18.1 Å². The van der Waals surface area contributed by atoms with Gasteiger partial charge in [0.1, 0.15) is 0 Å². The smallest absolute Gasteiger partial charge is 0.151 e. The van der Waals surface area contributed by atoms with Gasteiger partial charge in [0.25, 0.3) is 0 Å². The molecule has 26 heavy (non-hydrogen) atoms. The summed E-state index contributed by atoms with van der Waals surface area (Å²) in [6, 6.07) is 20.5. The minimum Gasteiger partial charge on any atom is -0.326 e. The van der Waals surface area contributed by atoms with Crippen molar-refractivity contribution in [2.75, 3.05) is 0 Å². The molecule has 0 aromatic heterocycles. The Morgan fingerprint density at radius 3 is 1.92 bits per heavy atom. The molecule has 1 aliphatic carbocycles. The number of Topliss-reactive ketones (excluding diaryl/α,β-unsaturated/α-hetero) is 1. The number of carbonyl (C=O) groups excluding carboxylic acids is 1. The normalized spacial score (nSPS) is 16.4. The van der Waals surface area contributed by atoms with Crippen LogP contribution in [-0.2, 0) is 17.9 Å². The summed E-state index contributed by atoms with van der Waals surface area (Å²) in [7, 11) is 0. The quantitative estimate of drug-likeness (QED) is 0.700. The van der Waals surface area contributed by atoms with Gasteiger partial charge in [-0.3, -0.25) is 9.69 Å². The third-order valence-corrected chi connectivity index (χ3v) is 5.21. The highest BCUT2D eigenvalue weighted by molar-refractivity contribution is 5.84. The summed E-state index contributed by atoms with van der Waals surface area (Å²) in [5.74, 6) is 0.786. The Morgan fingerprint density at radius 2 is 1.50 bits per heavy atom. The zero-order valence-corrected chi connectivity index (χ0v) is 15.7.